The van der Waals surface area contributed by atoms with Crippen molar-refractivity contribution < 1.29 is 31.5 Å². The fraction of sp³-hybridized carbons (Fsp3) is 0.417. The number of anilines is 1. The van der Waals surface area contributed by atoms with Gasteiger partial charge in [-0.3, -0.25) is 9.59 Å². The predicted octanol–water partition coefficient (Wildman–Crippen LogP) is 5.75. The molecule has 0 N–H and O–H groups in total. The van der Waals surface area contributed by atoms with Crippen LogP contribution in [0.5, 0.6) is 0 Å². The van der Waals surface area contributed by atoms with Crippen molar-refractivity contribution in [3.8, 4) is 0 Å². The van der Waals surface area contributed by atoms with Crippen LogP contribution in [-0.2, 0) is 11.0 Å². The van der Waals surface area contributed by atoms with Crippen molar-refractivity contribution >= 4 is 29.3 Å². The zero-order chi connectivity index (χ0) is 24.6. The van der Waals surface area contributed by atoms with Crippen molar-refractivity contribution in [3.63, 3.8) is 0 Å². The topological polar surface area (TPSA) is 40.6 Å². The lowest BCUT2D eigenvalue weighted by Crippen LogP contribution is -2.45. The molecule has 2 aliphatic rings. The van der Waals surface area contributed by atoms with Crippen molar-refractivity contribution in [2.75, 3.05) is 24.5 Å². The first-order chi connectivity index (χ1) is 16.0. The van der Waals surface area contributed by atoms with Gasteiger partial charge in [-0.1, -0.05) is 6.92 Å². The molecule has 2 aliphatic heterocycles. The number of halogens is 5. The molecule has 2 aromatic carbocycles. The number of piperidine rings is 1. The van der Waals surface area contributed by atoms with Gasteiger partial charge in [-0.15, -0.1) is 11.8 Å². The molecule has 0 aromatic heterocycles. The summed E-state index contributed by atoms with van der Waals surface area (Å²) in [5.41, 5.74) is -0.777. The molecule has 2 heterocycles. The van der Waals surface area contributed by atoms with E-state index in [0.29, 0.717) is 36.8 Å². The molecule has 1 saturated heterocycles. The standard InChI is InChI=1S/C24H23F5N2O2S/c1-14-6-11-31(20-12-16(24(27,28)29)2-5-21(20)34-14)22(32)15-7-9-30(10-8-15)23(33)18-4-3-17(25)13-19(18)26/h2-5,12-15H,6-11H2,1H3. The number of fused-ring (bicyclic) bond motifs is 1. The van der Waals surface area contributed by atoms with Crippen molar-refractivity contribution in [1.82, 2.24) is 4.90 Å². The third kappa shape index (κ3) is 5.06. The maximum absolute atomic E-state index is 14.0. The zero-order valence-corrected chi connectivity index (χ0v) is 19.2. The van der Waals surface area contributed by atoms with E-state index in [2.05, 4.69) is 0 Å². The second-order valence-electron chi connectivity index (χ2n) is 8.58. The van der Waals surface area contributed by atoms with E-state index in [1.165, 1.54) is 27.6 Å². The van der Waals surface area contributed by atoms with E-state index in [1.54, 1.807) is 0 Å². The number of hydrogen-bond acceptors (Lipinski definition) is 3. The summed E-state index contributed by atoms with van der Waals surface area (Å²) in [6, 6.07) is 6.24. The van der Waals surface area contributed by atoms with Gasteiger partial charge in [0.1, 0.15) is 11.6 Å². The molecule has 1 fully saturated rings. The molecule has 2 aromatic rings. The Labute approximate surface area is 198 Å². The minimum Gasteiger partial charge on any atom is -0.339 e. The lowest BCUT2D eigenvalue weighted by molar-refractivity contribution is -0.137. The van der Waals surface area contributed by atoms with Crippen LogP contribution in [0.2, 0.25) is 0 Å². The molecule has 34 heavy (non-hydrogen) atoms. The molecule has 0 spiro atoms. The van der Waals surface area contributed by atoms with Gasteiger partial charge in [-0.25, -0.2) is 8.78 Å². The summed E-state index contributed by atoms with van der Waals surface area (Å²) in [7, 11) is 0. The number of nitrogens with zero attached hydrogens (tertiary/aromatic N) is 2. The second-order valence-corrected chi connectivity index (χ2v) is 10.1. The molecule has 0 aliphatic carbocycles. The lowest BCUT2D eigenvalue weighted by atomic mass is 9.94. The first kappa shape index (κ1) is 24.5. The number of amides is 2. The first-order valence-corrected chi connectivity index (χ1v) is 11.9. The van der Waals surface area contributed by atoms with Gasteiger partial charge >= 0.3 is 6.18 Å². The minimum absolute atomic E-state index is 0.137. The molecular formula is C24H23F5N2O2S. The van der Waals surface area contributed by atoms with Gasteiger partial charge in [-0.2, -0.15) is 13.2 Å². The van der Waals surface area contributed by atoms with Crippen molar-refractivity contribution in [1.29, 1.82) is 0 Å². The fourth-order valence-electron chi connectivity index (χ4n) is 4.32. The Morgan fingerprint density at radius 3 is 2.32 bits per heavy atom. The summed E-state index contributed by atoms with van der Waals surface area (Å²) in [5, 5.41) is 0.137. The number of benzene rings is 2. The van der Waals surface area contributed by atoms with E-state index in [0.717, 1.165) is 24.3 Å². The highest BCUT2D eigenvalue weighted by Crippen LogP contribution is 2.42. The van der Waals surface area contributed by atoms with Crippen LogP contribution in [0.15, 0.2) is 41.3 Å². The fourth-order valence-corrected chi connectivity index (χ4v) is 5.42. The van der Waals surface area contributed by atoms with Crippen LogP contribution in [0.3, 0.4) is 0 Å². The van der Waals surface area contributed by atoms with Gasteiger partial charge in [0.25, 0.3) is 5.91 Å². The highest BCUT2D eigenvalue weighted by molar-refractivity contribution is 8.00. The molecule has 10 heteroatoms. The monoisotopic (exact) mass is 498 g/mol. The van der Waals surface area contributed by atoms with Gasteiger partial charge in [0, 0.05) is 41.8 Å². The highest BCUT2D eigenvalue weighted by atomic mass is 32.2. The molecule has 182 valence electrons. The van der Waals surface area contributed by atoms with Gasteiger partial charge in [0.2, 0.25) is 5.91 Å². The Morgan fingerprint density at radius 2 is 1.68 bits per heavy atom. The first-order valence-electron chi connectivity index (χ1n) is 11.0. The third-order valence-electron chi connectivity index (χ3n) is 6.22. The van der Waals surface area contributed by atoms with Crippen molar-refractivity contribution in [2.45, 2.75) is 42.5 Å². The summed E-state index contributed by atoms with van der Waals surface area (Å²) in [4.78, 5) is 29.5. The van der Waals surface area contributed by atoms with Crippen LogP contribution >= 0.6 is 11.8 Å². The van der Waals surface area contributed by atoms with E-state index >= 15 is 0 Å². The SMILES string of the molecule is CC1CCN(C(=O)C2CCN(C(=O)c3ccc(F)cc3F)CC2)c2cc(C(F)(F)F)ccc2S1. The van der Waals surface area contributed by atoms with Crippen LogP contribution in [0.4, 0.5) is 27.6 Å². The van der Waals surface area contributed by atoms with Gasteiger partial charge in [0.05, 0.1) is 16.8 Å². The molecule has 0 saturated carbocycles. The van der Waals surface area contributed by atoms with E-state index in [9.17, 15) is 31.5 Å². The molecule has 0 radical (unpaired) electrons. The normalized spacial score (nSPS) is 19.5. The zero-order valence-electron chi connectivity index (χ0n) is 18.4. The third-order valence-corrected chi connectivity index (χ3v) is 7.46. The maximum atomic E-state index is 14.0. The highest BCUT2D eigenvalue weighted by Gasteiger charge is 2.36. The smallest absolute Gasteiger partial charge is 0.339 e. The second kappa shape index (κ2) is 9.56. The lowest BCUT2D eigenvalue weighted by Gasteiger charge is -2.34. The largest absolute Gasteiger partial charge is 0.416 e. The quantitative estimate of drug-likeness (QED) is 0.495. The summed E-state index contributed by atoms with van der Waals surface area (Å²) in [6.07, 6.45) is -3.27. The number of hydrogen-bond donors (Lipinski definition) is 0. The Morgan fingerprint density at radius 1 is 0.971 bits per heavy atom. The van der Waals surface area contributed by atoms with Crippen LogP contribution in [0, 0.1) is 17.6 Å². The average Bonchev–Trinajstić information content (AvgIpc) is 2.95. The van der Waals surface area contributed by atoms with E-state index in [-0.39, 0.29) is 35.5 Å². The maximum Gasteiger partial charge on any atom is 0.416 e. The molecule has 1 unspecified atom stereocenters. The number of carbonyl (C=O) groups is 2. The van der Waals surface area contributed by atoms with Crippen LogP contribution in [0.1, 0.15) is 42.1 Å². The summed E-state index contributed by atoms with van der Waals surface area (Å²) < 4.78 is 67.1. The van der Waals surface area contributed by atoms with Gasteiger partial charge in [0.15, 0.2) is 0 Å². The number of alkyl halides is 3. The number of thioether (sulfide) groups is 1. The molecule has 1 atom stereocenters. The van der Waals surface area contributed by atoms with Crippen LogP contribution < -0.4 is 4.90 Å². The van der Waals surface area contributed by atoms with E-state index in [4.69, 9.17) is 0 Å². The number of carbonyl (C=O) groups excluding carboxylic acids is 2. The summed E-state index contributed by atoms with van der Waals surface area (Å²) in [6.45, 7) is 2.67. The Hall–Kier alpha value is -2.62. The summed E-state index contributed by atoms with van der Waals surface area (Å²) in [5.74, 6) is -3.05. The Balaban J connectivity index is 1.50. The van der Waals surface area contributed by atoms with Gasteiger partial charge in [-0.05, 0) is 49.6 Å². The number of likely N-dealkylation sites (tertiary alicyclic amines) is 1. The average molecular weight is 499 g/mol. The van der Waals surface area contributed by atoms with Crippen LogP contribution in [0.25, 0.3) is 0 Å². The Kier molecular flexibility index (Phi) is 6.89. The predicted molar refractivity (Wildman–Crippen MR) is 119 cm³/mol. The van der Waals surface area contributed by atoms with E-state index in [1.807, 2.05) is 6.92 Å². The molecule has 0 bridgehead atoms. The summed E-state index contributed by atoms with van der Waals surface area (Å²) >= 11 is 1.45. The molecular weight excluding hydrogens is 475 g/mol. The van der Waals surface area contributed by atoms with Crippen LogP contribution in [-0.4, -0.2) is 41.6 Å². The Bertz CT molecular complexity index is 1100. The van der Waals surface area contributed by atoms with Gasteiger partial charge < -0.3 is 9.80 Å². The molecule has 4 nitrogen and oxygen atoms in total. The number of rotatable bonds is 2. The molecule has 2 amide bonds. The van der Waals surface area contributed by atoms with E-state index < -0.39 is 35.2 Å². The minimum atomic E-state index is -4.52. The van der Waals surface area contributed by atoms with Crippen molar-refractivity contribution in [2.24, 2.45) is 5.92 Å². The molecule has 4 rings (SSSR count). The van der Waals surface area contributed by atoms with Crippen molar-refractivity contribution in [3.05, 3.63) is 59.2 Å².